The number of hydrazine groups is 1. The van der Waals surface area contributed by atoms with Crippen LogP contribution in [0.25, 0.3) is 0 Å². The Bertz CT molecular complexity index is 1250. The van der Waals surface area contributed by atoms with E-state index in [1.165, 1.54) is 10.6 Å². The number of hydrogen-bond donors (Lipinski definition) is 4. The molecule has 2 aromatic carbocycles. The van der Waals surface area contributed by atoms with Crippen LogP contribution in [0.15, 0.2) is 53.5 Å². The molecule has 0 aliphatic heterocycles. The maximum atomic E-state index is 13.3. The zero-order valence-corrected chi connectivity index (χ0v) is 23.8. The summed E-state index contributed by atoms with van der Waals surface area (Å²) in [5.41, 5.74) is 13.9. The first-order chi connectivity index (χ1) is 17.1. The summed E-state index contributed by atoms with van der Waals surface area (Å²) in [6.07, 6.45) is 3.98. The Kier molecular flexibility index (Phi) is 7.98. The van der Waals surface area contributed by atoms with E-state index in [9.17, 15) is 4.79 Å². The van der Waals surface area contributed by atoms with Crippen LogP contribution in [-0.4, -0.2) is 18.6 Å². The fraction of sp³-hybridized carbons (Fsp3) is 0.433. The van der Waals surface area contributed by atoms with Crippen molar-refractivity contribution < 1.29 is 9.53 Å². The van der Waals surface area contributed by atoms with Gasteiger partial charge < -0.3 is 21.1 Å². The van der Waals surface area contributed by atoms with Crippen LogP contribution in [0, 0.1) is 13.8 Å². The highest BCUT2D eigenvalue weighted by Crippen LogP contribution is 2.49. The molecule has 0 spiro atoms. The minimum atomic E-state index is -0.233. The zero-order valence-electron chi connectivity index (χ0n) is 23.8. The van der Waals surface area contributed by atoms with Gasteiger partial charge >= 0.3 is 0 Å². The number of aryl methyl sites for hydroxylation is 2. The number of allylic oxidation sites excluding steroid dienone is 2. The van der Waals surface area contributed by atoms with Crippen molar-refractivity contribution in [3.05, 3.63) is 75.8 Å². The highest BCUT2D eigenvalue weighted by Gasteiger charge is 2.39. The third-order valence-electron chi connectivity index (χ3n) is 7.01. The van der Waals surface area contributed by atoms with Crippen molar-refractivity contribution in [1.29, 1.82) is 0 Å². The molecule has 6 N–H and O–H groups in total. The molecule has 1 amide bonds. The van der Waals surface area contributed by atoms with Crippen LogP contribution in [-0.2, 0) is 5.41 Å². The summed E-state index contributed by atoms with van der Waals surface area (Å²) in [5.74, 6) is 6.85. The van der Waals surface area contributed by atoms with Gasteiger partial charge in [0.05, 0.1) is 24.2 Å². The van der Waals surface area contributed by atoms with E-state index in [1.807, 2.05) is 39.8 Å². The highest BCUT2D eigenvalue weighted by atomic mass is 16.5. The highest BCUT2D eigenvalue weighted by molar-refractivity contribution is 6.06. The second kappa shape index (κ2) is 10.5. The van der Waals surface area contributed by atoms with Gasteiger partial charge in [0.2, 0.25) is 0 Å². The third-order valence-corrected chi connectivity index (χ3v) is 7.01. The van der Waals surface area contributed by atoms with Crippen molar-refractivity contribution >= 4 is 17.3 Å². The van der Waals surface area contributed by atoms with E-state index in [2.05, 4.69) is 44.4 Å². The lowest BCUT2D eigenvalue weighted by Crippen LogP contribution is -2.35. The van der Waals surface area contributed by atoms with Crippen LogP contribution in [0.2, 0.25) is 0 Å². The first-order valence-electron chi connectivity index (χ1n) is 12.7. The lowest BCUT2D eigenvalue weighted by Gasteiger charge is -2.25. The van der Waals surface area contributed by atoms with E-state index < -0.39 is 0 Å². The number of ether oxygens (including phenoxy) is 1. The smallest absolute Gasteiger partial charge is 0.255 e. The summed E-state index contributed by atoms with van der Waals surface area (Å²) < 4.78 is 5.62. The van der Waals surface area contributed by atoms with Gasteiger partial charge in [0, 0.05) is 23.0 Å². The van der Waals surface area contributed by atoms with Gasteiger partial charge in [0.25, 0.3) is 5.91 Å². The molecule has 200 valence electrons. The van der Waals surface area contributed by atoms with Gasteiger partial charge in [-0.2, -0.15) is 0 Å². The Morgan fingerprint density at radius 3 is 2.32 bits per heavy atom. The fourth-order valence-corrected chi connectivity index (χ4v) is 4.37. The number of carbonyl (C=O) groups is 1. The van der Waals surface area contributed by atoms with Gasteiger partial charge in [-0.15, -0.1) is 0 Å². The summed E-state index contributed by atoms with van der Waals surface area (Å²) in [5, 5.41) is 7.97. The van der Waals surface area contributed by atoms with Gasteiger partial charge in [-0.1, -0.05) is 19.1 Å². The van der Waals surface area contributed by atoms with E-state index in [-0.39, 0.29) is 16.9 Å². The molecule has 7 heteroatoms. The van der Waals surface area contributed by atoms with Gasteiger partial charge in [-0.3, -0.25) is 9.80 Å². The Labute approximate surface area is 221 Å². The molecule has 37 heavy (non-hydrogen) atoms. The molecule has 0 unspecified atom stereocenters. The van der Waals surface area contributed by atoms with E-state index in [1.54, 1.807) is 25.4 Å². The summed E-state index contributed by atoms with van der Waals surface area (Å²) >= 11 is 0. The number of amides is 1. The Morgan fingerprint density at radius 2 is 1.76 bits per heavy atom. The molecular weight excluding hydrogens is 462 g/mol. The molecular formula is C30H43N5O2. The molecule has 0 bridgehead atoms. The minimum Gasteiger partial charge on any atom is -0.494 e. The number of anilines is 2. The predicted octanol–water partition coefficient (Wildman–Crippen LogP) is 5.78. The van der Waals surface area contributed by atoms with Crippen molar-refractivity contribution in [1.82, 2.24) is 5.32 Å². The van der Waals surface area contributed by atoms with Crippen molar-refractivity contribution in [2.24, 2.45) is 11.6 Å². The van der Waals surface area contributed by atoms with E-state index in [4.69, 9.17) is 16.3 Å². The van der Waals surface area contributed by atoms with Crippen LogP contribution in [0.3, 0.4) is 0 Å². The zero-order chi connectivity index (χ0) is 27.7. The molecule has 2 aromatic rings. The lowest BCUT2D eigenvalue weighted by molar-refractivity contribution is 0.102. The molecule has 0 heterocycles. The minimum absolute atomic E-state index is 0.0799. The van der Waals surface area contributed by atoms with Gasteiger partial charge in [0.15, 0.2) is 0 Å². The Balaban J connectivity index is 1.88. The Morgan fingerprint density at radius 1 is 1.11 bits per heavy atom. The SMILES string of the molecule is COc1c(C)cc(C2(C)CC2)cc1NC(=O)c1ccc(C)c(N(N)/C=C(N)/C(C)=C(\C)NC(C)(C)C)c1. The number of hydrogen-bond acceptors (Lipinski definition) is 6. The third kappa shape index (κ3) is 6.66. The second-order valence-electron chi connectivity index (χ2n) is 11.5. The van der Waals surface area contributed by atoms with Crippen LogP contribution >= 0.6 is 0 Å². The fourth-order valence-electron chi connectivity index (χ4n) is 4.37. The van der Waals surface area contributed by atoms with Crippen LogP contribution in [0.5, 0.6) is 5.75 Å². The molecule has 1 aliphatic carbocycles. The van der Waals surface area contributed by atoms with Crippen LogP contribution in [0.4, 0.5) is 11.4 Å². The van der Waals surface area contributed by atoms with Crippen LogP contribution < -0.4 is 32.0 Å². The number of methoxy groups -OCH3 is 1. The molecule has 1 aliphatic rings. The standard InChI is InChI=1S/C30H43N5O2/c1-18-10-11-22(15-26(18)35(32)17-24(31)20(3)21(4)34-29(5,6)7)28(36)33-25-16-23(30(8)12-13-30)14-19(2)27(25)37-9/h10-11,14-17,34H,12-13,31-32H2,1-9H3,(H,33,36)/b21-20+,24-17-. The number of carbonyl (C=O) groups excluding carboxylic acids is 1. The van der Waals surface area contributed by atoms with Gasteiger partial charge in [0.1, 0.15) is 5.75 Å². The Hall–Kier alpha value is -3.45. The molecule has 1 saturated carbocycles. The summed E-state index contributed by atoms with van der Waals surface area (Å²) in [6, 6.07) is 9.65. The summed E-state index contributed by atoms with van der Waals surface area (Å²) in [6.45, 7) is 16.4. The molecule has 0 atom stereocenters. The molecule has 7 nitrogen and oxygen atoms in total. The quantitative estimate of drug-likeness (QED) is 0.206. The normalized spacial score (nSPS) is 15.6. The van der Waals surface area contributed by atoms with Crippen molar-refractivity contribution in [2.45, 2.75) is 79.2 Å². The lowest BCUT2D eigenvalue weighted by atomic mass is 9.95. The number of nitrogens with one attached hydrogen (secondary N) is 2. The van der Waals surface area contributed by atoms with E-state index in [0.717, 1.165) is 35.2 Å². The van der Waals surface area contributed by atoms with Crippen molar-refractivity contribution in [3.63, 3.8) is 0 Å². The first kappa shape index (κ1) is 28.1. The first-order valence-corrected chi connectivity index (χ1v) is 12.7. The maximum Gasteiger partial charge on any atom is 0.255 e. The van der Waals surface area contributed by atoms with Crippen molar-refractivity contribution in [2.75, 3.05) is 17.4 Å². The van der Waals surface area contributed by atoms with E-state index in [0.29, 0.717) is 28.4 Å². The monoisotopic (exact) mass is 505 g/mol. The molecule has 1 fully saturated rings. The number of nitrogens with zero attached hydrogens (tertiary/aromatic N) is 1. The van der Waals surface area contributed by atoms with Crippen molar-refractivity contribution in [3.8, 4) is 5.75 Å². The number of rotatable bonds is 8. The van der Waals surface area contributed by atoms with E-state index >= 15 is 0 Å². The molecule has 0 radical (unpaired) electrons. The predicted molar refractivity (Wildman–Crippen MR) is 154 cm³/mol. The maximum absolute atomic E-state index is 13.3. The van der Waals surface area contributed by atoms with Gasteiger partial charge in [-0.25, -0.2) is 5.84 Å². The molecule has 3 rings (SSSR count). The topological polar surface area (TPSA) is 106 Å². The molecule has 0 aromatic heterocycles. The van der Waals surface area contributed by atoms with Gasteiger partial charge in [-0.05, 0) is 107 Å². The largest absolute Gasteiger partial charge is 0.494 e. The second-order valence-corrected chi connectivity index (χ2v) is 11.5. The number of benzene rings is 2. The average molecular weight is 506 g/mol. The average Bonchev–Trinajstić information content (AvgIpc) is 3.55. The summed E-state index contributed by atoms with van der Waals surface area (Å²) in [7, 11) is 1.62. The molecule has 0 saturated heterocycles. The van der Waals surface area contributed by atoms with Crippen LogP contribution in [0.1, 0.15) is 81.4 Å². The summed E-state index contributed by atoms with van der Waals surface area (Å²) in [4.78, 5) is 13.3. The number of nitrogens with two attached hydrogens (primary N) is 2.